The maximum Gasteiger partial charge on any atom is 0.310 e. The van der Waals surface area contributed by atoms with Gasteiger partial charge in [-0.05, 0) is 26.7 Å². The van der Waals surface area contributed by atoms with E-state index in [0.29, 0.717) is 11.6 Å². The molecule has 4 atom stereocenters. The van der Waals surface area contributed by atoms with Gasteiger partial charge in [0.05, 0.1) is 35.4 Å². The summed E-state index contributed by atoms with van der Waals surface area (Å²) in [7, 11) is 0. The molecule has 1 amide bonds. The van der Waals surface area contributed by atoms with Crippen LogP contribution in [0.25, 0.3) is 11.3 Å². The molecule has 0 unspecified atom stereocenters. The van der Waals surface area contributed by atoms with Gasteiger partial charge in [-0.2, -0.15) is 5.10 Å². The third-order valence-corrected chi connectivity index (χ3v) is 5.90. The molecule has 2 saturated heterocycles. The van der Waals surface area contributed by atoms with Gasteiger partial charge in [0, 0.05) is 23.7 Å². The van der Waals surface area contributed by atoms with E-state index in [1.165, 1.54) is 11.3 Å². The molecule has 2 aliphatic heterocycles. The van der Waals surface area contributed by atoms with Crippen LogP contribution < -0.4 is 5.32 Å². The van der Waals surface area contributed by atoms with Gasteiger partial charge >= 0.3 is 5.97 Å². The van der Waals surface area contributed by atoms with Crippen molar-refractivity contribution in [2.75, 3.05) is 5.32 Å². The Bertz CT molecular complexity index is 861. The molecule has 0 saturated carbocycles. The summed E-state index contributed by atoms with van der Waals surface area (Å²) in [5.41, 5.74) is 2.55. The molecule has 2 aromatic heterocycles. The van der Waals surface area contributed by atoms with Crippen LogP contribution in [0.1, 0.15) is 25.5 Å². The second-order valence-electron chi connectivity index (χ2n) is 6.69. The molecule has 2 bridgehead atoms. The number of ether oxygens (including phenoxy) is 1. The molecule has 0 spiro atoms. The Morgan fingerprint density at radius 1 is 1.38 bits per heavy atom. The summed E-state index contributed by atoms with van der Waals surface area (Å²) in [6, 6.07) is 0. The number of thiazole rings is 1. The standard InChI is InChI=1S/C17H20N4O4S/c1-3-21-6-9(8(2)20-21)10-7-26-17(18-10)19-15(22)13-11-4-5-12(25-11)14(13)16(23)24/h6-7,11-14H,3-5H2,1-2H3,(H,23,24)(H,18,19,22)/t11-,12-,13-,14+/m1/s1. The first kappa shape index (κ1) is 17.2. The summed E-state index contributed by atoms with van der Waals surface area (Å²) < 4.78 is 7.49. The van der Waals surface area contributed by atoms with E-state index in [4.69, 9.17) is 4.74 Å². The number of hydrogen-bond donors (Lipinski definition) is 2. The molecule has 9 heteroatoms. The van der Waals surface area contributed by atoms with Gasteiger partial charge in [0.15, 0.2) is 5.13 Å². The molecule has 8 nitrogen and oxygen atoms in total. The quantitative estimate of drug-likeness (QED) is 0.828. The first-order valence-corrected chi connectivity index (χ1v) is 9.55. The smallest absolute Gasteiger partial charge is 0.310 e. The highest BCUT2D eigenvalue weighted by molar-refractivity contribution is 7.14. The van der Waals surface area contributed by atoms with Crippen LogP contribution in [0.5, 0.6) is 0 Å². The number of amides is 1. The van der Waals surface area contributed by atoms with Gasteiger partial charge in [-0.1, -0.05) is 0 Å². The highest BCUT2D eigenvalue weighted by atomic mass is 32.1. The highest BCUT2D eigenvalue weighted by Crippen LogP contribution is 2.44. The van der Waals surface area contributed by atoms with E-state index in [2.05, 4.69) is 15.4 Å². The van der Waals surface area contributed by atoms with Crippen molar-refractivity contribution in [3.8, 4) is 11.3 Å². The third kappa shape index (κ3) is 2.80. The Morgan fingerprint density at radius 3 is 2.77 bits per heavy atom. The molecule has 2 N–H and O–H groups in total. The molecule has 2 aliphatic rings. The average molecular weight is 376 g/mol. The number of nitrogens with zero attached hydrogens (tertiary/aromatic N) is 3. The van der Waals surface area contributed by atoms with Crippen LogP contribution in [0.3, 0.4) is 0 Å². The molecule has 138 valence electrons. The van der Waals surface area contributed by atoms with Crippen LogP contribution >= 0.6 is 11.3 Å². The summed E-state index contributed by atoms with van der Waals surface area (Å²) in [5, 5.41) is 19.0. The van der Waals surface area contributed by atoms with Crippen LogP contribution in [-0.4, -0.2) is 44.0 Å². The van der Waals surface area contributed by atoms with E-state index >= 15 is 0 Å². The minimum absolute atomic E-state index is 0.314. The first-order valence-electron chi connectivity index (χ1n) is 8.67. The van der Waals surface area contributed by atoms with Gasteiger partial charge in [-0.15, -0.1) is 11.3 Å². The largest absolute Gasteiger partial charge is 0.481 e. The Hall–Kier alpha value is -2.26. The second-order valence-corrected chi connectivity index (χ2v) is 7.55. The predicted molar refractivity (Wildman–Crippen MR) is 94.9 cm³/mol. The molecule has 0 aromatic carbocycles. The number of carbonyl (C=O) groups excluding carboxylic acids is 1. The lowest BCUT2D eigenvalue weighted by molar-refractivity contribution is -0.147. The van der Waals surface area contributed by atoms with E-state index in [1.807, 2.05) is 30.1 Å². The zero-order valence-electron chi connectivity index (χ0n) is 14.5. The monoisotopic (exact) mass is 376 g/mol. The van der Waals surface area contributed by atoms with Crippen LogP contribution in [0.4, 0.5) is 5.13 Å². The number of aliphatic carboxylic acids is 1. The molecule has 2 fully saturated rings. The van der Waals surface area contributed by atoms with Crippen molar-refractivity contribution in [1.29, 1.82) is 0 Å². The number of aromatic nitrogens is 3. The SMILES string of the molecule is CCn1cc(-c2csc(NC(=O)[C@H]3[C@@H](C(=O)O)[C@H]4CC[C@H]3O4)n2)c(C)n1. The van der Waals surface area contributed by atoms with Crippen molar-refractivity contribution in [2.24, 2.45) is 11.8 Å². The Kier molecular flexibility index (Phi) is 4.28. The Balaban J connectivity index is 1.51. The van der Waals surface area contributed by atoms with Crippen LogP contribution in [-0.2, 0) is 20.9 Å². The average Bonchev–Trinajstić information content (AvgIpc) is 3.36. The number of hydrogen-bond acceptors (Lipinski definition) is 6. The molecule has 2 aromatic rings. The van der Waals surface area contributed by atoms with Crippen molar-refractivity contribution in [3.05, 3.63) is 17.3 Å². The number of nitrogens with one attached hydrogen (secondary N) is 1. The fourth-order valence-corrected chi connectivity index (χ4v) is 4.61. The maximum atomic E-state index is 12.7. The van der Waals surface area contributed by atoms with Gasteiger partial charge < -0.3 is 15.2 Å². The van der Waals surface area contributed by atoms with Crippen LogP contribution in [0, 0.1) is 18.8 Å². The van der Waals surface area contributed by atoms with Gasteiger partial charge in [0.2, 0.25) is 5.91 Å². The number of carbonyl (C=O) groups is 2. The lowest BCUT2D eigenvalue weighted by Crippen LogP contribution is -2.40. The van der Waals surface area contributed by atoms with Crippen molar-refractivity contribution in [3.63, 3.8) is 0 Å². The van der Waals surface area contributed by atoms with Gasteiger partial charge in [-0.3, -0.25) is 14.3 Å². The normalized spacial score (nSPS) is 27.0. The number of carboxylic acid groups (broad SMARTS) is 1. The summed E-state index contributed by atoms with van der Waals surface area (Å²) in [5.74, 6) is -2.74. The lowest BCUT2D eigenvalue weighted by Gasteiger charge is -2.23. The molecule has 4 heterocycles. The van der Waals surface area contributed by atoms with Crippen molar-refractivity contribution in [1.82, 2.24) is 14.8 Å². The van der Waals surface area contributed by atoms with E-state index < -0.39 is 17.8 Å². The molecule has 4 rings (SSSR count). The van der Waals surface area contributed by atoms with Crippen molar-refractivity contribution >= 4 is 28.3 Å². The fourth-order valence-electron chi connectivity index (χ4n) is 3.90. The maximum absolute atomic E-state index is 12.7. The highest BCUT2D eigenvalue weighted by Gasteiger charge is 2.55. The summed E-state index contributed by atoms with van der Waals surface area (Å²) in [6.07, 6.45) is 2.69. The second kappa shape index (κ2) is 6.48. The predicted octanol–water partition coefficient (Wildman–Crippen LogP) is 2.15. The van der Waals surface area contributed by atoms with Gasteiger partial charge in [0.1, 0.15) is 0 Å². The topological polar surface area (TPSA) is 106 Å². The number of anilines is 1. The summed E-state index contributed by atoms with van der Waals surface area (Å²) >= 11 is 1.32. The van der Waals surface area contributed by atoms with Gasteiger partial charge in [-0.25, -0.2) is 4.98 Å². The molecule has 0 radical (unpaired) electrons. The lowest BCUT2D eigenvalue weighted by atomic mass is 9.79. The van der Waals surface area contributed by atoms with E-state index in [9.17, 15) is 14.7 Å². The van der Waals surface area contributed by atoms with E-state index in [0.717, 1.165) is 29.9 Å². The van der Waals surface area contributed by atoms with Crippen LogP contribution in [0.2, 0.25) is 0 Å². The van der Waals surface area contributed by atoms with E-state index in [-0.39, 0.29) is 18.1 Å². The zero-order valence-corrected chi connectivity index (χ0v) is 15.3. The Morgan fingerprint density at radius 2 is 2.12 bits per heavy atom. The number of rotatable bonds is 5. The molecule has 0 aliphatic carbocycles. The minimum Gasteiger partial charge on any atom is -0.481 e. The Labute approximate surface area is 154 Å². The fraction of sp³-hybridized carbons (Fsp3) is 0.529. The van der Waals surface area contributed by atoms with Gasteiger partial charge in [0.25, 0.3) is 0 Å². The number of carboxylic acids is 1. The summed E-state index contributed by atoms with van der Waals surface area (Å²) in [4.78, 5) is 28.7. The molecular weight excluding hydrogens is 356 g/mol. The third-order valence-electron chi connectivity index (χ3n) is 5.14. The molecular formula is C17H20N4O4S. The molecule has 26 heavy (non-hydrogen) atoms. The van der Waals surface area contributed by atoms with E-state index in [1.54, 1.807) is 0 Å². The zero-order chi connectivity index (χ0) is 18.4. The van der Waals surface area contributed by atoms with Crippen LogP contribution in [0.15, 0.2) is 11.6 Å². The first-order chi connectivity index (χ1) is 12.5. The summed E-state index contributed by atoms with van der Waals surface area (Å²) in [6.45, 7) is 4.71. The number of fused-ring (bicyclic) bond motifs is 2. The van der Waals surface area contributed by atoms with Crippen molar-refractivity contribution < 1.29 is 19.4 Å². The van der Waals surface area contributed by atoms with Crippen molar-refractivity contribution in [2.45, 2.75) is 45.4 Å². The minimum atomic E-state index is -0.972. The number of aryl methyl sites for hydroxylation is 2.